The number of aromatic nitrogens is 6. The second kappa shape index (κ2) is 8.52. The van der Waals surface area contributed by atoms with E-state index in [0.29, 0.717) is 17.4 Å². The summed E-state index contributed by atoms with van der Waals surface area (Å²) >= 11 is 0. The number of hydrogen-bond acceptors (Lipinski definition) is 6. The zero-order valence-corrected chi connectivity index (χ0v) is 16.7. The molecule has 0 unspecified atom stereocenters. The van der Waals surface area contributed by atoms with Crippen molar-refractivity contribution >= 4 is 23.5 Å². The number of nitrogens with one attached hydrogen (secondary N) is 1. The molecule has 0 radical (unpaired) electrons. The lowest BCUT2D eigenvalue weighted by molar-refractivity contribution is -0.111. The van der Waals surface area contributed by atoms with Crippen molar-refractivity contribution in [3.63, 3.8) is 0 Å². The summed E-state index contributed by atoms with van der Waals surface area (Å²) < 4.78 is 8.47. The van der Waals surface area contributed by atoms with E-state index in [9.17, 15) is 4.79 Å². The second-order valence-corrected chi connectivity index (χ2v) is 6.76. The van der Waals surface area contributed by atoms with Crippen LogP contribution in [-0.4, -0.2) is 35.9 Å². The average molecular weight is 423 g/mol. The smallest absolute Gasteiger partial charge is 0.275 e. The zero-order valence-electron chi connectivity index (χ0n) is 16.7. The van der Waals surface area contributed by atoms with Gasteiger partial charge >= 0.3 is 0 Å². The van der Waals surface area contributed by atoms with Gasteiger partial charge in [0.2, 0.25) is 0 Å². The van der Waals surface area contributed by atoms with Gasteiger partial charge in [-0.15, -0.1) is 5.10 Å². The van der Waals surface area contributed by atoms with Gasteiger partial charge in [-0.2, -0.15) is 9.78 Å². The summed E-state index contributed by atoms with van der Waals surface area (Å²) in [5.41, 5.74) is 1.83. The van der Waals surface area contributed by atoms with Crippen LogP contribution in [0.25, 0.3) is 28.8 Å². The Balaban J connectivity index is 1.49. The largest absolute Gasteiger partial charge is 0.465 e. The van der Waals surface area contributed by atoms with Crippen LogP contribution in [-0.2, 0) is 4.79 Å². The van der Waals surface area contributed by atoms with E-state index in [1.807, 2.05) is 60.7 Å². The monoisotopic (exact) mass is 423 g/mol. The van der Waals surface area contributed by atoms with E-state index in [1.54, 1.807) is 35.2 Å². The Morgan fingerprint density at radius 3 is 2.47 bits per heavy atom. The highest BCUT2D eigenvalue weighted by Gasteiger charge is 2.20. The molecule has 1 N–H and O–H groups in total. The van der Waals surface area contributed by atoms with Crippen molar-refractivity contribution in [3.05, 3.63) is 97.1 Å². The van der Waals surface area contributed by atoms with Gasteiger partial charge in [-0.05, 0) is 34.7 Å². The van der Waals surface area contributed by atoms with E-state index in [1.165, 1.54) is 10.9 Å². The van der Waals surface area contributed by atoms with Gasteiger partial charge in [0.05, 0.1) is 12.0 Å². The van der Waals surface area contributed by atoms with E-state index in [-0.39, 0.29) is 5.70 Å². The van der Waals surface area contributed by atoms with Crippen molar-refractivity contribution < 1.29 is 9.21 Å². The lowest BCUT2D eigenvalue weighted by Gasteiger charge is -2.09. The lowest BCUT2D eigenvalue weighted by Crippen LogP contribution is -2.19. The first-order valence-electron chi connectivity index (χ1n) is 9.80. The molecule has 2 aromatic carbocycles. The predicted molar refractivity (Wildman–Crippen MR) is 118 cm³/mol. The molecule has 5 rings (SSSR count). The highest BCUT2D eigenvalue weighted by Crippen LogP contribution is 2.21. The summed E-state index contributed by atoms with van der Waals surface area (Å²) in [5.74, 6) is 0.857. The Morgan fingerprint density at radius 1 is 0.938 bits per heavy atom. The fraction of sp³-hybridized carbons (Fsp3) is 0. The number of amides is 1. The number of benzene rings is 2. The summed E-state index contributed by atoms with van der Waals surface area (Å²) in [7, 11) is 0. The third kappa shape index (κ3) is 3.94. The number of tetrazole rings is 1. The fourth-order valence-corrected chi connectivity index (χ4v) is 3.14. The highest BCUT2D eigenvalue weighted by atomic mass is 16.3. The van der Waals surface area contributed by atoms with Crippen molar-refractivity contribution in [2.45, 2.75) is 0 Å². The third-order valence-corrected chi connectivity index (χ3v) is 4.64. The molecule has 3 aromatic heterocycles. The molecule has 1 amide bonds. The molecule has 0 aliphatic carbocycles. The maximum atomic E-state index is 13.3. The number of hydrogen-bond donors (Lipinski definition) is 1. The van der Waals surface area contributed by atoms with Crippen LogP contribution in [0.1, 0.15) is 5.76 Å². The van der Waals surface area contributed by atoms with Gasteiger partial charge < -0.3 is 9.73 Å². The zero-order chi connectivity index (χ0) is 21.8. The van der Waals surface area contributed by atoms with Gasteiger partial charge in [0.1, 0.15) is 11.5 Å². The fourth-order valence-electron chi connectivity index (χ4n) is 3.14. The number of para-hydroxylation sites is 1. The maximum Gasteiger partial charge on any atom is 0.275 e. The van der Waals surface area contributed by atoms with Gasteiger partial charge in [0.25, 0.3) is 5.91 Å². The summed E-state index contributed by atoms with van der Waals surface area (Å²) in [6.45, 7) is 0. The third-order valence-electron chi connectivity index (χ3n) is 4.64. The van der Waals surface area contributed by atoms with Gasteiger partial charge in [-0.25, -0.2) is 4.68 Å². The Kier molecular flexibility index (Phi) is 5.11. The van der Waals surface area contributed by atoms with E-state index in [2.05, 4.69) is 25.9 Å². The quantitative estimate of drug-likeness (QED) is 0.417. The molecule has 0 aliphatic rings. The summed E-state index contributed by atoms with van der Waals surface area (Å²) in [5, 5.41) is 19.2. The van der Waals surface area contributed by atoms with E-state index in [0.717, 1.165) is 11.3 Å². The standard InChI is InChI=1S/C23H17N7O2/c31-23(24-21-13-14-29(26-21)18-10-5-2-6-11-18)20(16-19-12-7-15-32-19)30-22(25-27-28-30)17-8-3-1-4-9-17/h1-16H,(H,24,26,31)/b20-16-. The number of carbonyl (C=O) groups is 1. The molecule has 156 valence electrons. The van der Waals surface area contributed by atoms with Crippen LogP contribution in [0, 0.1) is 0 Å². The average Bonchev–Trinajstić information content (AvgIpc) is 3.60. The minimum absolute atomic E-state index is 0.179. The van der Waals surface area contributed by atoms with E-state index < -0.39 is 5.91 Å². The Hall–Kier alpha value is -4.79. The molecule has 32 heavy (non-hydrogen) atoms. The van der Waals surface area contributed by atoms with Crippen LogP contribution in [0.2, 0.25) is 0 Å². The normalized spacial score (nSPS) is 11.4. The minimum atomic E-state index is -0.441. The minimum Gasteiger partial charge on any atom is -0.465 e. The molecular weight excluding hydrogens is 406 g/mol. The summed E-state index contributed by atoms with van der Waals surface area (Å²) in [4.78, 5) is 13.3. The van der Waals surface area contributed by atoms with Gasteiger partial charge in [-0.1, -0.05) is 48.5 Å². The summed E-state index contributed by atoms with van der Waals surface area (Å²) in [6.07, 6.45) is 4.88. The van der Waals surface area contributed by atoms with Crippen LogP contribution in [0.4, 0.5) is 5.82 Å². The van der Waals surface area contributed by atoms with Crippen LogP contribution < -0.4 is 5.32 Å². The molecule has 0 atom stereocenters. The van der Waals surface area contributed by atoms with E-state index in [4.69, 9.17) is 4.42 Å². The topological polar surface area (TPSA) is 104 Å². The van der Waals surface area contributed by atoms with Crippen molar-refractivity contribution in [2.24, 2.45) is 0 Å². The SMILES string of the molecule is O=C(Nc1ccn(-c2ccccc2)n1)/C(=C/c1ccco1)n1nnnc1-c1ccccc1. The Morgan fingerprint density at radius 2 is 1.72 bits per heavy atom. The molecule has 3 heterocycles. The molecule has 0 aliphatic heterocycles. The number of nitrogens with zero attached hydrogens (tertiary/aromatic N) is 6. The van der Waals surface area contributed by atoms with Crippen LogP contribution in [0.5, 0.6) is 0 Å². The van der Waals surface area contributed by atoms with Gasteiger partial charge in [0.15, 0.2) is 11.6 Å². The van der Waals surface area contributed by atoms with Crippen molar-refractivity contribution in [2.75, 3.05) is 5.32 Å². The lowest BCUT2D eigenvalue weighted by atomic mass is 10.2. The van der Waals surface area contributed by atoms with Gasteiger partial charge in [-0.3, -0.25) is 4.79 Å². The Bertz CT molecular complexity index is 1350. The van der Waals surface area contributed by atoms with Crippen molar-refractivity contribution in [3.8, 4) is 17.1 Å². The molecule has 5 aromatic rings. The molecule has 0 spiro atoms. The van der Waals surface area contributed by atoms with Crippen LogP contribution >= 0.6 is 0 Å². The summed E-state index contributed by atoms with van der Waals surface area (Å²) in [6, 6.07) is 24.2. The first kappa shape index (κ1) is 19.2. The number of furan rings is 1. The number of carbonyl (C=O) groups excluding carboxylic acids is 1. The molecule has 0 bridgehead atoms. The molecule has 9 nitrogen and oxygen atoms in total. The van der Waals surface area contributed by atoms with Crippen LogP contribution in [0.3, 0.4) is 0 Å². The Labute approximate surface area is 182 Å². The van der Waals surface area contributed by atoms with Gasteiger partial charge in [0, 0.05) is 23.9 Å². The molecule has 0 saturated heterocycles. The number of anilines is 1. The maximum absolute atomic E-state index is 13.3. The first-order valence-corrected chi connectivity index (χ1v) is 9.80. The van der Waals surface area contributed by atoms with Crippen LogP contribution in [0.15, 0.2) is 95.7 Å². The molecular formula is C23H17N7O2. The second-order valence-electron chi connectivity index (χ2n) is 6.76. The highest BCUT2D eigenvalue weighted by molar-refractivity contribution is 6.24. The van der Waals surface area contributed by atoms with E-state index >= 15 is 0 Å². The molecule has 0 saturated carbocycles. The molecule has 9 heteroatoms. The van der Waals surface area contributed by atoms with Crippen molar-refractivity contribution in [1.29, 1.82) is 0 Å². The molecule has 0 fully saturated rings. The predicted octanol–water partition coefficient (Wildman–Crippen LogP) is 3.76. The first-order chi connectivity index (χ1) is 15.8. The number of rotatable bonds is 6. The van der Waals surface area contributed by atoms with Crippen molar-refractivity contribution in [1.82, 2.24) is 30.0 Å².